The largest absolute Gasteiger partial charge is 0.484 e. The van der Waals surface area contributed by atoms with Crippen molar-refractivity contribution in [2.75, 3.05) is 11.1 Å². The van der Waals surface area contributed by atoms with Gasteiger partial charge in [-0.05, 0) is 58.4 Å². The predicted octanol–water partition coefficient (Wildman–Crippen LogP) is 3.89. The molecule has 0 fully saturated rings. The maximum Gasteiger partial charge on any atom is 0.335 e. The summed E-state index contributed by atoms with van der Waals surface area (Å²) >= 11 is 9.14. The van der Waals surface area contributed by atoms with Gasteiger partial charge in [-0.25, -0.2) is 4.79 Å². The van der Waals surface area contributed by atoms with E-state index in [1.165, 1.54) is 12.1 Å². The molecule has 8 nitrogen and oxygen atoms in total. The molecule has 0 aliphatic heterocycles. The van der Waals surface area contributed by atoms with E-state index in [9.17, 15) is 4.79 Å². The minimum atomic E-state index is -1.02. The van der Waals surface area contributed by atoms with Gasteiger partial charge in [0.2, 0.25) is 11.9 Å². The number of carboxylic acid groups (broad SMARTS) is 1. The summed E-state index contributed by atoms with van der Waals surface area (Å²) in [6.07, 6.45) is 0. The van der Waals surface area contributed by atoms with Gasteiger partial charge in [-0.1, -0.05) is 11.6 Å². The van der Waals surface area contributed by atoms with Gasteiger partial charge in [-0.15, -0.1) is 0 Å². The fourth-order valence-corrected chi connectivity index (χ4v) is 2.73. The summed E-state index contributed by atoms with van der Waals surface area (Å²) in [5.41, 5.74) is 6.62. The molecule has 0 atom stereocenters. The first-order valence-electron chi connectivity index (χ1n) is 7.59. The Morgan fingerprint density at radius 3 is 2.59 bits per heavy atom. The number of aromatic carboxylic acids is 1. The number of nitrogens with two attached hydrogens (primary N) is 1. The van der Waals surface area contributed by atoms with Gasteiger partial charge in [0.1, 0.15) is 12.4 Å². The molecule has 4 N–H and O–H groups in total. The number of halogens is 2. The first-order chi connectivity index (χ1) is 12.9. The van der Waals surface area contributed by atoms with Crippen LogP contribution in [-0.2, 0) is 6.61 Å². The van der Waals surface area contributed by atoms with Crippen LogP contribution in [0.25, 0.3) is 0 Å². The van der Waals surface area contributed by atoms with Gasteiger partial charge in [0.05, 0.1) is 10.0 Å². The molecule has 0 amide bonds. The van der Waals surface area contributed by atoms with Crippen LogP contribution in [-0.4, -0.2) is 26.0 Å². The van der Waals surface area contributed by atoms with E-state index in [0.29, 0.717) is 21.1 Å². The van der Waals surface area contributed by atoms with E-state index in [4.69, 9.17) is 27.2 Å². The van der Waals surface area contributed by atoms with Crippen molar-refractivity contribution in [1.29, 1.82) is 0 Å². The van der Waals surface area contributed by atoms with Crippen molar-refractivity contribution in [3.63, 3.8) is 0 Å². The van der Waals surface area contributed by atoms with Crippen LogP contribution in [0.15, 0.2) is 46.9 Å². The van der Waals surface area contributed by atoms with E-state index in [1.54, 1.807) is 30.3 Å². The third kappa shape index (κ3) is 5.05. The monoisotopic (exact) mass is 449 g/mol. The summed E-state index contributed by atoms with van der Waals surface area (Å²) in [6, 6.07) is 11.5. The van der Waals surface area contributed by atoms with Crippen molar-refractivity contribution in [2.45, 2.75) is 6.61 Å². The molecule has 0 aliphatic carbocycles. The van der Waals surface area contributed by atoms with Crippen molar-refractivity contribution in [2.24, 2.45) is 0 Å². The van der Waals surface area contributed by atoms with Crippen LogP contribution in [0, 0.1) is 0 Å². The smallest absolute Gasteiger partial charge is 0.335 e. The molecule has 138 valence electrons. The highest BCUT2D eigenvalue weighted by Crippen LogP contribution is 2.27. The molecular weight excluding hydrogens is 438 g/mol. The molecule has 0 spiro atoms. The molecule has 0 radical (unpaired) electrons. The second kappa shape index (κ2) is 8.19. The molecule has 0 bridgehead atoms. The Kier molecular flexibility index (Phi) is 5.72. The Balaban J connectivity index is 1.73. The molecular formula is C17H13BrClN5O3. The third-order valence-corrected chi connectivity index (χ3v) is 4.21. The van der Waals surface area contributed by atoms with Gasteiger partial charge < -0.3 is 20.9 Å². The first kappa shape index (κ1) is 18.9. The van der Waals surface area contributed by atoms with Crippen LogP contribution in [0.3, 0.4) is 0 Å². The van der Waals surface area contributed by atoms with Gasteiger partial charge >= 0.3 is 5.97 Å². The zero-order chi connectivity index (χ0) is 19.4. The minimum Gasteiger partial charge on any atom is -0.484 e. The lowest BCUT2D eigenvalue weighted by Gasteiger charge is -2.10. The molecule has 0 saturated heterocycles. The number of anilines is 3. The number of hydrogen-bond donors (Lipinski definition) is 3. The number of hydrogen-bond acceptors (Lipinski definition) is 7. The van der Waals surface area contributed by atoms with Crippen LogP contribution < -0.4 is 15.8 Å². The second-order valence-electron chi connectivity index (χ2n) is 5.30. The highest BCUT2D eigenvalue weighted by atomic mass is 79.9. The van der Waals surface area contributed by atoms with Gasteiger partial charge in [0.15, 0.2) is 5.82 Å². The fourth-order valence-electron chi connectivity index (χ4n) is 2.11. The highest BCUT2D eigenvalue weighted by Gasteiger charge is 2.10. The van der Waals surface area contributed by atoms with Gasteiger partial charge in [0, 0.05) is 10.7 Å². The molecule has 0 unspecified atom stereocenters. The lowest BCUT2D eigenvalue weighted by Crippen LogP contribution is -2.09. The number of benzene rings is 2. The van der Waals surface area contributed by atoms with Crippen LogP contribution in [0.2, 0.25) is 5.02 Å². The van der Waals surface area contributed by atoms with Gasteiger partial charge in [-0.3, -0.25) is 0 Å². The molecule has 3 aromatic rings. The molecule has 2 aromatic carbocycles. The average Bonchev–Trinajstić information content (AvgIpc) is 2.62. The number of rotatable bonds is 6. The van der Waals surface area contributed by atoms with E-state index in [-0.39, 0.29) is 24.1 Å². The maximum absolute atomic E-state index is 11.0. The summed E-state index contributed by atoms with van der Waals surface area (Å²) in [4.78, 5) is 23.3. The summed E-state index contributed by atoms with van der Waals surface area (Å²) in [5, 5.41) is 12.6. The Bertz CT molecular complexity index is 985. The van der Waals surface area contributed by atoms with E-state index in [0.717, 1.165) is 5.69 Å². The highest BCUT2D eigenvalue weighted by molar-refractivity contribution is 9.10. The number of nitrogens with zero attached hydrogens (tertiary/aromatic N) is 3. The Hall–Kier alpha value is -2.91. The zero-order valence-corrected chi connectivity index (χ0v) is 16.0. The predicted molar refractivity (Wildman–Crippen MR) is 104 cm³/mol. The van der Waals surface area contributed by atoms with Crippen LogP contribution in [0.5, 0.6) is 5.75 Å². The van der Waals surface area contributed by atoms with Crippen molar-refractivity contribution in [3.05, 3.63) is 63.3 Å². The number of aromatic nitrogens is 3. The lowest BCUT2D eigenvalue weighted by molar-refractivity contribution is 0.0696. The molecule has 27 heavy (non-hydrogen) atoms. The molecule has 0 saturated carbocycles. The fraction of sp³-hybridized carbons (Fsp3) is 0.0588. The molecule has 1 heterocycles. The van der Waals surface area contributed by atoms with Gasteiger partial charge in [0.25, 0.3) is 0 Å². The van der Waals surface area contributed by atoms with Crippen molar-refractivity contribution in [1.82, 2.24) is 15.0 Å². The summed E-state index contributed by atoms with van der Waals surface area (Å²) in [5.74, 6) is 0.0499. The molecule has 1 aromatic heterocycles. The van der Waals surface area contributed by atoms with Crippen LogP contribution >= 0.6 is 27.5 Å². The number of nitrogens with one attached hydrogen (secondary N) is 1. The molecule has 10 heteroatoms. The van der Waals surface area contributed by atoms with Crippen molar-refractivity contribution >= 4 is 51.1 Å². The number of carboxylic acids is 1. The number of ether oxygens (including phenoxy) is 1. The van der Waals surface area contributed by atoms with E-state index >= 15 is 0 Å². The summed E-state index contributed by atoms with van der Waals surface area (Å²) in [7, 11) is 0. The van der Waals surface area contributed by atoms with Crippen LogP contribution in [0.1, 0.15) is 16.2 Å². The second-order valence-corrected chi connectivity index (χ2v) is 6.60. The maximum atomic E-state index is 11.0. The molecule has 0 aliphatic rings. The van der Waals surface area contributed by atoms with E-state index in [1.807, 2.05) is 0 Å². The Labute approximate surface area is 167 Å². The lowest BCUT2D eigenvalue weighted by atomic mass is 10.2. The summed E-state index contributed by atoms with van der Waals surface area (Å²) in [6.45, 7) is 0.0209. The third-order valence-electron chi connectivity index (χ3n) is 3.33. The van der Waals surface area contributed by atoms with Crippen LogP contribution in [0.4, 0.5) is 17.6 Å². The Morgan fingerprint density at radius 2 is 1.93 bits per heavy atom. The van der Waals surface area contributed by atoms with Gasteiger partial charge in [-0.2, -0.15) is 15.0 Å². The van der Waals surface area contributed by atoms with Crippen molar-refractivity contribution in [3.8, 4) is 5.75 Å². The van der Waals surface area contributed by atoms with Crippen molar-refractivity contribution < 1.29 is 14.6 Å². The standard InChI is InChI=1S/C17H13BrClN5O3/c18-12-7-9(15(25)26)1-6-13(12)27-8-14-22-16(20)24-17(23-14)21-11-4-2-10(19)3-5-11/h1-7H,8H2,(H,25,26)(H3,20,21,22,23,24). The number of carbonyl (C=O) groups is 1. The SMILES string of the molecule is Nc1nc(COc2ccc(C(=O)O)cc2Br)nc(Nc2ccc(Cl)cc2)n1. The average molecular weight is 451 g/mol. The minimum absolute atomic E-state index is 0.0209. The summed E-state index contributed by atoms with van der Waals surface area (Å²) < 4.78 is 6.14. The topological polar surface area (TPSA) is 123 Å². The van der Waals surface area contributed by atoms with E-state index in [2.05, 4.69) is 36.2 Å². The first-order valence-corrected chi connectivity index (χ1v) is 8.76. The Morgan fingerprint density at radius 1 is 1.19 bits per heavy atom. The van der Waals surface area contributed by atoms with E-state index < -0.39 is 5.97 Å². The quantitative estimate of drug-likeness (QED) is 0.517. The number of nitrogen functional groups attached to an aromatic ring is 1. The zero-order valence-electron chi connectivity index (χ0n) is 13.7. The normalized spacial score (nSPS) is 10.4. The molecule has 3 rings (SSSR count).